The first-order valence-corrected chi connectivity index (χ1v) is 9.72. The van der Waals surface area contributed by atoms with Gasteiger partial charge in [0.25, 0.3) is 0 Å². The van der Waals surface area contributed by atoms with E-state index in [-0.39, 0.29) is 17.1 Å². The van der Waals surface area contributed by atoms with Crippen molar-refractivity contribution in [3.05, 3.63) is 72.0 Å². The summed E-state index contributed by atoms with van der Waals surface area (Å²) in [7, 11) is 0. The molecule has 0 aliphatic carbocycles. The molecule has 1 aromatic heterocycles. The molecule has 0 saturated heterocycles. The van der Waals surface area contributed by atoms with E-state index in [9.17, 15) is 9.59 Å². The predicted molar refractivity (Wildman–Crippen MR) is 110 cm³/mol. The van der Waals surface area contributed by atoms with Crippen LogP contribution in [0.3, 0.4) is 0 Å². The Balaban J connectivity index is 1.50. The maximum atomic E-state index is 12.2. The molecule has 2 N–H and O–H groups in total. The molecule has 0 aliphatic rings. The molecule has 3 rings (SSSR count). The van der Waals surface area contributed by atoms with Crippen LogP contribution in [-0.4, -0.2) is 22.2 Å². The van der Waals surface area contributed by atoms with Crippen molar-refractivity contribution in [2.24, 2.45) is 0 Å². The third-order valence-electron chi connectivity index (χ3n) is 3.91. The maximum Gasteiger partial charge on any atom is 0.238 e. The molecule has 2 amide bonds. The van der Waals surface area contributed by atoms with Crippen LogP contribution in [0.15, 0.2) is 70.1 Å². The van der Waals surface area contributed by atoms with Gasteiger partial charge in [0, 0.05) is 16.6 Å². The number of rotatable bonds is 7. The standard InChI is InChI=1S/C21H21N3O3S/c1-14-12-19(24-27-14)23-21(26)15(2)28-18-10-8-17(9-11-18)22-20(25)13-16-6-4-3-5-7-16/h3-12,15H,13H2,1-2H3,(H,22,25)(H,23,24,26). The molecule has 1 heterocycles. The van der Waals surface area contributed by atoms with Crippen LogP contribution >= 0.6 is 11.8 Å². The van der Waals surface area contributed by atoms with E-state index in [1.165, 1.54) is 11.8 Å². The SMILES string of the molecule is Cc1cc(NC(=O)C(C)Sc2ccc(NC(=O)Cc3ccccc3)cc2)no1. The van der Waals surface area contributed by atoms with Crippen molar-refractivity contribution in [1.82, 2.24) is 5.16 Å². The summed E-state index contributed by atoms with van der Waals surface area (Å²) in [6, 6.07) is 18.7. The molecule has 6 nitrogen and oxygen atoms in total. The Bertz CT molecular complexity index is 939. The number of nitrogens with zero attached hydrogens (tertiary/aromatic N) is 1. The second-order valence-corrected chi connectivity index (χ2v) is 7.72. The van der Waals surface area contributed by atoms with Gasteiger partial charge in [0.15, 0.2) is 5.82 Å². The van der Waals surface area contributed by atoms with Crippen molar-refractivity contribution < 1.29 is 14.1 Å². The van der Waals surface area contributed by atoms with Crippen molar-refractivity contribution in [2.75, 3.05) is 10.6 Å². The summed E-state index contributed by atoms with van der Waals surface area (Å²) in [4.78, 5) is 25.3. The number of anilines is 2. The van der Waals surface area contributed by atoms with Gasteiger partial charge in [-0.05, 0) is 43.7 Å². The molecule has 0 bridgehead atoms. The van der Waals surface area contributed by atoms with Gasteiger partial charge in [-0.1, -0.05) is 35.5 Å². The van der Waals surface area contributed by atoms with E-state index in [0.29, 0.717) is 18.0 Å². The molecule has 0 fully saturated rings. The summed E-state index contributed by atoms with van der Waals surface area (Å²) < 4.78 is 4.94. The first-order chi connectivity index (χ1) is 13.5. The van der Waals surface area contributed by atoms with Gasteiger partial charge in [-0.15, -0.1) is 11.8 Å². The highest BCUT2D eigenvalue weighted by Crippen LogP contribution is 2.25. The van der Waals surface area contributed by atoms with Crippen LogP contribution in [0.4, 0.5) is 11.5 Å². The number of hydrogen-bond acceptors (Lipinski definition) is 5. The highest BCUT2D eigenvalue weighted by molar-refractivity contribution is 8.00. The summed E-state index contributed by atoms with van der Waals surface area (Å²) in [5.41, 5.74) is 1.69. The minimum absolute atomic E-state index is 0.0674. The van der Waals surface area contributed by atoms with Gasteiger partial charge >= 0.3 is 0 Å². The lowest BCUT2D eigenvalue weighted by Crippen LogP contribution is -2.22. The van der Waals surface area contributed by atoms with E-state index in [1.54, 1.807) is 13.0 Å². The number of thioether (sulfide) groups is 1. The van der Waals surface area contributed by atoms with Gasteiger partial charge in [0.2, 0.25) is 11.8 Å². The van der Waals surface area contributed by atoms with Crippen LogP contribution < -0.4 is 10.6 Å². The van der Waals surface area contributed by atoms with E-state index < -0.39 is 0 Å². The van der Waals surface area contributed by atoms with Crippen LogP contribution in [0.25, 0.3) is 0 Å². The lowest BCUT2D eigenvalue weighted by Gasteiger charge is -2.11. The average molecular weight is 395 g/mol. The van der Waals surface area contributed by atoms with Crippen molar-refractivity contribution >= 4 is 35.1 Å². The third-order valence-corrected chi connectivity index (χ3v) is 5.02. The second-order valence-electron chi connectivity index (χ2n) is 6.31. The molecular formula is C21H21N3O3S. The molecule has 1 atom stereocenters. The lowest BCUT2D eigenvalue weighted by atomic mass is 10.1. The minimum atomic E-state index is -0.310. The maximum absolute atomic E-state index is 12.2. The second kappa shape index (κ2) is 9.23. The highest BCUT2D eigenvalue weighted by Gasteiger charge is 2.16. The first kappa shape index (κ1) is 19.7. The fraction of sp³-hybridized carbons (Fsp3) is 0.190. The molecule has 2 aromatic carbocycles. The average Bonchev–Trinajstić information content (AvgIpc) is 3.08. The van der Waals surface area contributed by atoms with Crippen LogP contribution in [-0.2, 0) is 16.0 Å². The van der Waals surface area contributed by atoms with E-state index in [0.717, 1.165) is 16.1 Å². The molecule has 7 heteroatoms. The molecule has 28 heavy (non-hydrogen) atoms. The number of benzene rings is 2. The van der Waals surface area contributed by atoms with E-state index in [1.807, 2.05) is 61.5 Å². The fourth-order valence-electron chi connectivity index (χ4n) is 2.51. The number of carbonyl (C=O) groups excluding carboxylic acids is 2. The number of hydrogen-bond donors (Lipinski definition) is 2. The largest absolute Gasteiger partial charge is 0.360 e. The molecule has 0 aliphatic heterocycles. The van der Waals surface area contributed by atoms with Gasteiger partial charge in [0.05, 0.1) is 11.7 Å². The Hall–Kier alpha value is -3.06. The number of carbonyl (C=O) groups is 2. The zero-order valence-electron chi connectivity index (χ0n) is 15.6. The Morgan fingerprint density at radius 2 is 1.79 bits per heavy atom. The van der Waals surface area contributed by atoms with Crippen LogP contribution in [0, 0.1) is 6.92 Å². The third kappa shape index (κ3) is 5.72. The van der Waals surface area contributed by atoms with Crippen LogP contribution in [0.1, 0.15) is 18.2 Å². The van der Waals surface area contributed by atoms with Crippen molar-refractivity contribution in [3.8, 4) is 0 Å². The summed E-state index contributed by atoms with van der Waals surface area (Å²) in [5.74, 6) is 0.827. The van der Waals surface area contributed by atoms with Gasteiger partial charge in [-0.2, -0.15) is 0 Å². The molecular weight excluding hydrogens is 374 g/mol. The number of aromatic nitrogens is 1. The number of aryl methyl sites for hydroxylation is 1. The molecule has 0 saturated carbocycles. The molecule has 0 spiro atoms. The normalized spacial score (nSPS) is 11.6. The summed E-state index contributed by atoms with van der Waals surface area (Å²) in [5, 5.41) is 9.05. The van der Waals surface area contributed by atoms with Crippen molar-refractivity contribution in [3.63, 3.8) is 0 Å². The summed E-state index contributed by atoms with van der Waals surface area (Å²) >= 11 is 1.42. The zero-order chi connectivity index (χ0) is 19.9. The minimum Gasteiger partial charge on any atom is -0.360 e. The van der Waals surface area contributed by atoms with Crippen molar-refractivity contribution in [1.29, 1.82) is 0 Å². The van der Waals surface area contributed by atoms with E-state index >= 15 is 0 Å². The van der Waals surface area contributed by atoms with Gasteiger partial charge in [-0.3, -0.25) is 9.59 Å². The Morgan fingerprint density at radius 3 is 2.43 bits per heavy atom. The van der Waals surface area contributed by atoms with Gasteiger partial charge in [0.1, 0.15) is 5.76 Å². The lowest BCUT2D eigenvalue weighted by molar-refractivity contribution is -0.116. The van der Waals surface area contributed by atoms with Gasteiger partial charge in [-0.25, -0.2) is 0 Å². The van der Waals surface area contributed by atoms with Gasteiger partial charge < -0.3 is 15.2 Å². The van der Waals surface area contributed by atoms with E-state index in [2.05, 4.69) is 15.8 Å². The smallest absolute Gasteiger partial charge is 0.238 e. The zero-order valence-corrected chi connectivity index (χ0v) is 16.5. The monoisotopic (exact) mass is 395 g/mol. The Labute approximate surface area is 167 Å². The summed E-state index contributed by atoms with van der Waals surface area (Å²) in [6.07, 6.45) is 0.329. The predicted octanol–water partition coefficient (Wildman–Crippen LogP) is 4.28. The fourth-order valence-corrected chi connectivity index (χ4v) is 3.38. The highest BCUT2D eigenvalue weighted by atomic mass is 32.2. The van der Waals surface area contributed by atoms with E-state index in [4.69, 9.17) is 4.52 Å². The molecule has 144 valence electrons. The first-order valence-electron chi connectivity index (χ1n) is 8.84. The number of amides is 2. The molecule has 0 radical (unpaired) electrons. The Kier molecular flexibility index (Phi) is 6.49. The van der Waals surface area contributed by atoms with Crippen LogP contribution in [0.2, 0.25) is 0 Å². The summed E-state index contributed by atoms with van der Waals surface area (Å²) in [6.45, 7) is 3.59. The molecule has 1 unspecified atom stereocenters. The molecule has 3 aromatic rings. The van der Waals surface area contributed by atoms with Crippen LogP contribution in [0.5, 0.6) is 0 Å². The topological polar surface area (TPSA) is 84.2 Å². The quantitative estimate of drug-likeness (QED) is 0.583. The number of nitrogens with one attached hydrogen (secondary N) is 2. The Morgan fingerprint density at radius 1 is 1.07 bits per heavy atom. The van der Waals surface area contributed by atoms with Crippen molar-refractivity contribution in [2.45, 2.75) is 30.4 Å².